The molecule has 192 valence electrons. The lowest BCUT2D eigenvalue weighted by atomic mass is 9.87. The summed E-state index contributed by atoms with van der Waals surface area (Å²) in [6.45, 7) is 0.0757. The molecule has 2 aromatic carbocycles. The van der Waals surface area contributed by atoms with Crippen LogP contribution in [0.1, 0.15) is 41.6 Å². The zero-order valence-electron chi connectivity index (χ0n) is 19.2. The van der Waals surface area contributed by atoms with Crippen molar-refractivity contribution in [2.75, 3.05) is 13.1 Å². The standard InChI is InChI=1S/C25H25F3N2O5S/c26-15-4-1-14-11-20(36-19(14)12-15)24(32)30-10-9-29-23(31)17-7-8-18(22(28)21(17)27)35-16-5-2-13(3-6-16)25(33)34/h1,4,7-8,12-13,16,20H,2-3,5-6,9-11H2,(H,29,31)(H,30,32)(H,33,34)/t13-,16+,20?. The van der Waals surface area contributed by atoms with Gasteiger partial charge >= 0.3 is 5.97 Å². The van der Waals surface area contributed by atoms with Crippen LogP contribution in [0.2, 0.25) is 0 Å². The van der Waals surface area contributed by atoms with E-state index in [1.807, 2.05) is 0 Å². The first-order valence-corrected chi connectivity index (χ1v) is 12.5. The molecule has 1 atom stereocenters. The van der Waals surface area contributed by atoms with Crippen LogP contribution in [-0.4, -0.2) is 47.3 Å². The summed E-state index contributed by atoms with van der Waals surface area (Å²) in [5, 5.41) is 13.8. The third-order valence-electron chi connectivity index (χ3n) is 6.31. The van der Waals surface area contributed by atoms with E-state index in [2.05, 4.69) is 10.6 Å². The SMILES string of the molecule is O=C(NCCNC(=O)C1Cc2ccc(F)cc2S1)c1ccc(O[C@H]2CC[C@@H](C(=O)O)CC2)c(F)c1F. The second kappa shape index (κ2) is 11.2. The lowest BCUT2D eigenvalue weighted by molar-refractivity contribution is -0.143. The summed E-state index contributed by atoms with van der Waals surface area (Å²) >= 11 is 1.27. The number of carboxylic acid groups (broad SMARTS) is 1. The second-order valence-electron chi connectivity index (χ2n) is 8.78. The smallest absolute Gasteiger partial charge is 0.306 e. The minimum absolute atomic E-state index is 0.00430. The minimum Gasteiger partial charge on any atom is -0.487 e. The summed E-state index contributed by atoms with van der Waals surface area (Å²) in [5.74, 6) is -5.76. The number of amides is 2. The van der Waals surface area contributed by atoms with E-state index in [4.69, 9.17) is 9.84 Å². The number of carbonyl (C=O) groups is 3. The van der Waals surface area contributed by atoms with E-state index in [1.165, 1.54) is 30.0 Å². The summed E-state index contributed by atoms with van der Waals surface area (Å²) < 4.78 is 47.9. The predicted molar refractivity (Wildman–Crippen MR) is 125 cm³/mol. The number of fused-ring (bicyclic) bond motifs is 1. The highest BCUT2D eigenvalue weighted by Crippen LogP contribution is 2.37. The van der Waals surface area contributed by atoms with Crippen LogP contribution in [0.5, 0.6) is 5.75 Å². The van der Waals surface area contributed by atoms with Crippen molar-refractivity contribution in [3.05, 3.63) is 58.9 Å². The number of aliphatic carboxylic acids is 1. The Kier molecular flexibility index (Phi) is 8.07. The Morgan fingerprint density at radius 2 is 1.69 bits per heavy atom. The van der Waals surface area contributed by atoms with Gasteiger partial charge in [-0.2, -0.15) is 4.39 Å². The molecule has 1 saturated carbocycles. The molecule has 1 fully saturated rings. The van der Waals surface area contributed by atoms with E-state index < -0.39 is 46.3 Å². The van der Waals surface area contributed by atoms with Gasteiger partial charge in [-0.1, -0.05) is 6.07 Å². The summed E-state index contributed by atoms with van der Waals surface area (Å²) in [5.41, 5.74) is 0.400. The number of rotatable bonds is 8. The highest BCUT2D eigenvalue weighted by Gasteiger charge is 2.29. The monoisotopic (exact) mass is 522 g/mol. The van der Waals surface area contributed by atoms with Gasteiger partial charge in [0.2, 0.25) is 11.7 Å². The largest absolute Gasteiger partial charge is 0.487 e. The predicted octanol–water partition coefficient (Wildman–Crippen LogP) is 3.69. The molecule has 0 aromatic heterocycles. The molecular formula is C25H25F3N2O5S. The lowest BCUT2D eigenvalue weighted by Gasteiger charge is -2.27. The molecular weight excluding hydrogens is 497 g/mol. The Hall–Kier alpha value is -3.21. The first-order chi connectivity index (χ1) is 17.2. The van der Waals surface area contributed by atoms with Gasteiger partial charge in [0.15, 0.2) is 11.6 Å². The number of halogens is 3. The zero-order chi connectivity index (χ0) is 25.8. The summed E-state index contributed by atoms with van der Waals surface area (Å²) in [6, 6.07) is 6.69. The van der Waals surface area contributed by atoms with Crippen LogP contribution < -0.4 is 15.4 Å². The van der Waals surface area contributed by atoms with Gasteiger partial charge in [0.1, 0.15) is 5.82 Å². The van der Waals surface area contributed by atoms with Crippen molar-refractivity contribution in [3.8, 4) is 5.75 Å². The van der Waals surface area contributed by atoms with Crippen LogP contribution in [0.4, 0.5) is 13.2 Å². The van der Waals surface area contributed by atoms with Crippen molar-refractivity contribution in [1.82, 2.24) is 10.6 Å². The van der Waals surface area contributed by atoms with Crippen molar-refractivity contribution < 1.29 is 37.4 Å². The second-order valence-corrected chi connectivity index (χ2v) is 10.0. The van der Waals surface area contributed by atoms with E-state index in [1.54, 1.807) is 6.07 Å². The third kappa shape index (κ3) is 5.95. The first kappa shape index (κ1) is 25.9. The number of hydrogen-bond acceptors (Lipinski definition) is 5. The van der Waals surface area contributed by atoms with Crippen molar-refractivity contribution in [1.29, 1.82) is 0 Å². The van der Waals surface area contributed by atoms with Crippen LogP contribution >= 0.6 is 11.8 Å². The van der Waals surface area contributed by atoms with E-state index in [-0.39, 0.29) is 30.6 Å². The fraction of sp³-hybridized carbons (Fsp3) is 0.400. The Bertz CT molecular complexity index is 1170. The molecule has 2 aliphatic rings. The maximum absolute atomic E-state index is 14.5. The molecule has 3 N–H and O–H groups in total. The van der Waals surface area contributed by atoms with Gasteiger partial charge in [0, 0.05) is 18.0 Å². The topological polar surface area (TPSA) is 105 Å². The van der Waals surface area contributed by atoms with Gasteiger partial charge in [0.25, 0.3) is 5.91 Å². The van der Waals surface area contributed by atoms with Gasteiger partial charge in [0.05, 0.1) is 22.8 Å². The summed E-state index contributed by atoms with van der Waals surface area (Å²) in [7, 11) is 0. The molecule has 1 unspecified atom stereocenters. The molecule has 36 heavy (non-hydrogen) atoms. The van der Waals surface area contributed by atoms with Gasteiger partial charge in [-0.3, -0.25) is 14.4 Å². The number of ether oxygens (including phenoxy) is 1. The zero-order valence-corrected chi connectivity index (χ0v) is 20.0. The molecule has 1 aliphatic heterocycles. The fourth-order valence-corrected chi connectivity index (χ4v) is 5.57. The number of hydrogen-bond donors (Lipinski definition) is 3. The molecule has 0 saturated heterocycles. The van der Waals surface area contributed by atoms with Gasteiger partial charge in [-0.05, 0) is 61.9 Å². The van der Waals surface area contributed by atoms with Crippen LogP contribution in [0.3, 0.4) is 0 Å². The Balaban J connectivity index is 1.23. The third-order valence-corrected chi connectivity index (χ3v) is 7.61. The molecule has 2 aromatic rings. The van der Waals surface area contributed by atoms with E-state index in [9.17, 15) is 27.6 Å². The Morgan fingerprint density at radius 3 is 2.42 bits per heavy atom. The number of carboxylic acids is 1. The number of benzene rings is 2. The molecule has 2 amide bonds. The first-order valence-electron chi connectivity index (χ1n) is 11.6. The summed E-state index contributed by atoms with van der Waals surface area (Å²) in [6.07, 6.45) is 1.65. The van der Waals surface area contributed by atoms with Crippen LogP contribution in [0.25, 0.3) is 0 Å². The number of nitrogens with one attached hydrogen (secondary N) is 2. The fourth-order valence-electron chi connectivity index (χ4n) is 4.32. The maximum atomic E-state index is 14.5. The highest BCUT2D eigenvalue weighted by atomic mass is 32.2. The number of carbonyl (C=O) groups excluding carboxylic acids is 2. The van der Waals surface area contributed by atoms with Crippen molar-refractivity contribution in [3.63, 3.8) is 0 Å². The average molecular weight is 523 g/mol. The van der Waals surface area contributed by atoms with E-state index in [0.717, 1.165) is 16.5 Å². The van der Waals surface area contributed by atoms with E-state index >= 15 is 0 Å². The summed E-state index contributed by atoms with van der Waals surface area (Å²) in [4.78, 5) is 36.5. The maximum Gasteiger partial charge on any atom is 0.306 e. The normalized spacial score (nSPS) is 20.9. The average Bonchev–Trinajstić information content (AvgIpc) is 3.28. The van der Waals surface area contributed by atoms with Crippen molar-refractivity contribution in [2.24, 2.45) is 5.92 Å². The van der Waals surface area contributed by atoms with Crippen LogP contribution in [-0.2, 0) is 16.0 Å². The van der Waals surface area contributed by atoms with Gasteiger partial charge < -0.3 is 20.5 Å². The molecule has 1 aliphatic carbocycles. The molecule has 11 heteroatoms. The highest BCUT2D eigenvalue weighted by molar-refractivity contribution is 8.01. The molecule has 4 rings (SSSR count). The quantitative estimate of drug-likeness (QED) is 0.457. The van der Waals surface area contributed by atoms with Crippen molar-refractivity contribution in [2.45, 2.75) is 48.4 Å². The lowest BCUT2D eigenvalue weighted by Crippen LogP contribution is -2.38. The molecule has 0 bridgehead atoms. The molecule has 1 heterocycles. The molecule has 0 radical (unpaired) electrons. The van der Waals surface area contributed by atoms with Crippen LogP contribution in [0.15, 0.2) is 35.2 Å². The molecule has 7 nitrogen and oxygen atoms in total. The van der Waals surface area contributed by atoms with Crippen molar-refractivity contribution >= 4 is 29.5 Å². The Morgan fingerprint density at radius 1 is 0.972 bits per heavy atom. The van der Waals surface area contributed by atoms with Crippen LogP contribution in [0, 0.1) is 23.4 Å². The Labute approximate surface area is 209 Å². The van der Waals surface area contributed by atoms with Gasteiger partial charge in [-0.15, -0.1) is 11.8 Å². The number of thioether (sulfide) groups is 1. The van der Waals surface area contributed by atoms with E-state index in [0.29, 0.717) is 32.1 Å². The van der Waals surface area contributed by atoms with Gasteiger partial charge in [-0.25, -0.2) is 8.78 Å². The molecule has 0 spiro atoms. The minimum atomic E-state index is -1.35.